The molecule has 2 rings (SSSR count). The maximum Gasteiger partial charge on any atom is 0.329 e. The molecule has 0 unspecified atom stereocenters. The molecule has 88 valence electrons. The van der Waals surface area contributed by atoms with Crippen LogP contribution in [0.15, 0.2) is 5.38 Å². The number of rotatable bonds is 4. The molecule has 5 heteroatoms. The number of nitrogens with one attached hydrogen (secondary N) is 1. The van der Waals surface area contributed by atoms with E-state index >= 15 is 0 Å². The third-order valence-corrected chi connectivity index (χ3v) is 3.93. The molecule has 0 spiro atoms. The fourth-order valence-corrected chi connectivity index (χ4v) is 2.99. The van der Waals surface area contributed by atoms with Crippen molar-refractivity contribution in [2.24, 2.45) is 0 Å². The van der Waals surface area contributed by atoms with E-state index in [2.05, 4.69) is 10.3 Å². The van der Waals surface area contributed by atoms with Crippen LogP contribution in [0.1, 0.15) is 38.3 Å². The Morgan fingerprint density at radius 2 is 2.31 bits per heavy atom. The van der Waals surface area contributed by atoms with E-state index in [0.717, 1.165) is 30.1 Å². The van der Waals surface area contributed by atoms with E-state index in [1.54, 1.807) is 0 Å². The monoisotopic (exact) mass is 240 g/mol. The summed E-state index contributed by atoms with van der Waals surface area (Å²) in [6, 6.07) is 0. The summed E-state index contributed by atoms with van der Waals surface area (Å²) in [6.45, 7) is 2.04. The Labute approximate surface area is 98.7 Å². The van der Waals surface area contributed by atoms with Gasteiger partial charge in [0.15, 0.2) is 5.13 Å². The molecule has 0 atom stereocenters. The molecule has 1 aromatic heterocycles. The van der Waals surface area contributed by atoms with Crippen molar-refractivity contribution in [3.8, 4) is 0 Å². The lowest BCUT2D eigenvalue weighted by molar-refractivity contribution is -0.142. The second kappa shape index (κ2) is 4.41. The van der Waals surface area contributed by atoms with Gasteiger partial charge in [-0.2, -0.15) is 0 Å². The van der Waals surface area contributed by atoms with E-state index < -0.39 is 11.5 Å². The van der Waals surface area contributed by atoms with E-state index in [9.17, 15) is 9.90 Å². The number of carboxylic acids is 1. The number of carbonyl (C=O) groups is 1. The second-order valence-corrected chi connectivity index (χ2v) is 5.08. The maximum absolute atomic E-state index is 11.3. The summed E-state index contributed by atoms with van der Waals surface area (Å²) in [6.07, 6.45) is 4.24. The predicted octanol–water partition coefficient (Wildman–Crippen LogP) is 2.51. The van der Waals surface area contributed by atoms with Crippen LogP contribution in [0.4, 0.5) is 5.13 Å². The molecule has 4 nitrogen and oxygen atoms in total. The van der Waals surface area contributed by atoms with Crippen LogP contribution >= 0.6 is 11.3 Å². The molecule has 0 saturated heterocycles. The van der Waals surface area contributed by atoms with Crippen LogP contribution in [0.2, 0.25) is 0 Å². The molecule has 1 fully saturated rings. The van der Waals surface area contributed by atoms with Gasteiger partial charge in [0.05, 0.1) is 5.69 Å². The van der Waals surface area contributed by atoms with Gasteiger partial charge < -0.3 is 10.4 Å². The molecule has 0 amide bonds. The van der Waals surface area contributed by atoms with Gasteiger partial charge in [-0.3, -0.25) is 0 Å². The van der Waals surface area contributed by atoms with Crippen molar-refractivity contribution in [2.45, 2.75) is 44.6 Å². The second-order valence-electron chi connectivity index (χ2n) is 4.22. The zero-order chi connectivity index (χ0) is 11.6. The van der Waals surface area contributed by atoms with Crippen molar-refractivity contribution in [3.05, 3.63) is 11.1 Å². The Morgan fingerprint density at radius 3 is 2.81 bits per heavy atom. The number of thiazole rings is 1. The Bertz CT molecular complexity index is 383. The highest BCUT2D eigenvalue weighted by atomic mass is 32.1. The van der Waals surface area contributed by atoms with E-state index in [0.29, 0.717) is 12.8 Å². The zero-order valence-electron chi connectivity index (χ0n) is 9.32. The molecule has 0 bridgehead atoms. The minimum Gasteiger partial charge on any atom is -0.480 e. The number of hydrogen-bond acceptors (Lipinski definition) is 4. The number of aliphatic carboxylic acids is 1. The average Bonchev–Trinajstić information content (AvgIpc) is 2.88. The highest BCUT2D eigenvalue weighted by Gasteiger charge is 2.41. The molecule has 1 aliphatic carbocycles. The highest BCUT2D eigenvalue weighted by molar-refractivity contribution is 7.13. The quantitative estimate of drug-likeness (QED) is 0.849. The van der Waals surface area contributed by atoms with E-state index in [1.165, 1.54) is 11.3 Å². The summed E-state index contributed by atoms with van der Waals surface area (Å²) < 4.78 is 0. The molecule has 1 aromatic rings. The first kappa shape index (κ1) is 11.4. The normalized spacial score (nSPS) is 18.6. The fraction of sp³-hybridized carbons (Fsp3) is 0.636. The molecule has 1 saturated carbocycles. The van der Waals surface area contributed by atoms with Gasteiger partial charge in [0, 0.05) is 5.38 Å². The van der Waals surface area contributed by atoms with Crippen LogP contribution in [0, 0.1) is 0 Å². The first-order chi connectivity index (χ1) is 7.66. The van der Waals surface area contributed by atoms with E-state index in [1.807, 2.05) is 12.3 Å². The first-order valence-corrected chi connectivity index (χ1v) is 6.50. The van der Waals surface area contributed by atoms with Gasteiger partial charge >= 0.3 is 5.97 Å². The van der Waals surface area contributed by atoms with Crippen molar-refractivity contribution in [1.29, 1.82) is 0 Å². The molecular formula is C11H16N2O2S. The van der Waals surface area contributed by atoms with Crippen molar-refractivity contribution in [2.75, 3.05) is 5.32 Å². The molecule has 0 aliphatic heterocycles. The van der Waals surface area contributed by atoms with Gasteiger partial charge in [0.2, 0.25) is 0 Å². The Hall–Kier alpha value is -1.10. The van der Waals surface area contributed by atoms with Crippen LogP contribution in [0.5, 0.6) is 0 Å². The average molecular weight is 240 g/mol. The lowest BCUT2D eigenvalue weighted by atomic mass is 9.98. The molecular weight excluding hydrogens is 224 g/mol. The first-order valence-electron chi connectivity index (χ1n) is 5.62. The van der Waals surface area contributed by atoms with Crippen LogP contribution < -0.4 is 5.32 Å². The van der Waals surface area contributed by atoms with Crippen LogP contribution in [-0.4, -0.2) is 21.6 Å². The van der Waals surface area contributed by atoms with Gasteiger partial charge in [-0.05, 0) is 19.3 Å². The Kier molecular flexibility index (Phi) is 3.14. The number of aromatic nitrogens is 1. The van der Waals surface area contributed by atoms with Crippen molar-refractivity contribution < 1.29 is 9.90 Å². The van der Waals surface area contributed by atoms with E-state index in [4.69, 9.17) is 0 Å². The summed E-state index contributed by atoms with van der Waals surface area (Å²) in [5.41, 5.74) is 0.245. The minimum atomic E-state index is -0.775. The number of carboxylic acid groups (broad SMARTS) is 1. The fourth-order valence-electron chi connectivity index (χ4n) is 2.10. The summed E-state index contributed by atoms with van der Waals surface area (Å²) >= 11 is 1.49. The number of aryl methyl sites for hydroxylation is 1. The molecule has 0 radical (unpaired) electrons. The van der Waals surface area contributed by atoms with Crippen molar-refractivity contribution in [1.82, 2.24) is 4.98 Å². The lowest BCUT2D eigenvalue weighted by Gasteiger charge is -2.24. The zero-order valence-corrected chi connectivity index (χ0v) is 10.1. The summed E-state index contributed by atoms with van der Waals surface area (Å²) in [4.78, 5) is 15.7. The van der Waals surface area contributed by atoms with Crippen molar-refractivity contribution >= 4 is 22.4 Å². The number of hydrogen-bond donors (Lipinski definition) is 2. The van der Waals surface area contributed by atoms with Crippen LogP contribution in [-0.2, 0) is 11.2 Å². The van der Waals surface area contributed by atoms with Gasteiger partial charge in [0.25, 0.3) is 0 Å². The summed E-state index contributed by atoms with van der Waals surface area (Å²) in [5.74, 6) is -0.752. The highest BCUT2D eigenvalue weighted by Crippen LogP contribution is 2.34. The van der Waals surface area contributed by atoms with Gasteiger partial charge in [0.1, 0.15) is 5.54 Å². The summed E-state index contributed by atoms with van der Waals surface area (Å²) in [5, 5.41) is 15.1. The van der Waals surface area contributed by atoms with Gasteiger partial charge in [-0.1, -0.05) is 19.8 Å². The number of nitrogens with zero attached hydrogens (tertiary/aromatic N) is 1. The standard InChI is InChI=1S/C11H16N2O2S/c1-2-8-7-16-10(12-8)13-11(9(14)15)5-3-4-6-11/h7H,2-6H2,1H3,(H,12,13)(H,14,15). The third kappa shape index (κ3) is 2.04. The molecule has 1 heterocycles. The van der Waals surface area contributed by atoms with Crippen LogP contribution in [0.25, 0.3) is 0 Å². The predicted molar refractivity (Wildman–Crippen MR) is 63.9 cm³/mol. The van der Waals surface area contributed by atoms with Crippen molar-refractivity contribution in [3.63, 3.8) is 0 Å². The molecule has 1 aliphatic rings. The molecule has 16 heavy (non-hydrogen) atoms. The third-order valence-electron chi connectivity index (χ3n) is 3.13. The number of anilines is 1. The largest absolute Gasteiger partial charge is 0.480 e. The Balaban J connectivity index is 2.14. The van der Waals surface area contributed by atoms with Gasteiger partial charge in [-0.25, -0.2) is 9.78 Å². The van der Waals surface area contributed by atoms with Gasteiger partial charge in [-0.15, -0.1) is 11.3 Å². The van der Waals surface area contributed by atoms with E-state index in [-0.39, 0.29) is 0 Å². The summed E-state index contributed by atoms with van der Waals surface area (Å²) in [7, 11) is 0. The molecule has 2 N–H and O–H groups in total. The smallest absolute Gasteiger partial charge is 0.329 e. The van der Waals surface area contributed by atoms with Crippen LogP contribution in [0.3, 0.4) is 0 Å². The minimum absolute atomic E-state index is 0.698. The lowest BCUT2D eigenvalue weighted by Crippen LogP contribution is -2.43. The molecule has 0 aromatic carbocycles. The maximum atomic E-state index is 11.3. The SMILES string of the molecule is CCc1csc(NC2(C(=O)O)CCCC2)n1. The Morgan fingerprint density at radius 1 is 1.62 bits per heavy atom. The topological polar surface area (TPSA) is 62.2 Å².